The lowest BCUT2D eigenvalue weighted by molar-refractivity contribution is -0.150. The molecular weight excluding hydrogens is 578 g/mol. The van der Waals surface area contributed by atoms with Crippen LogP contribution in [0.2, 0.25) is 0 Å². The smallest absolute Gasteiger partial charge is 0.308 e. The van der Waals surface area contributed by atoms with Crippen molar-refractivity contribution in [2.75, 3.05) is 25.1 Å². The Morgan fingerprint density at radius 3 is 2.16 bits per heavy atom. The van der Waals surface area contributed by atoms with Gasteiger partial charge in [-0.3, -0.25) is 19.2 Å². The number of benzene rings is 1. The van der Waals surface area contributed by atoms with Gasteiger partial charge in [0.1, 0.15) is 12.9 Å². The molecule has 0 saturated carbocycles. The van der Waals surface area contributed by atoms with Crippen LogP contribution in [0.15, 0.2) is 54.6 Å². The van der Waals surface area contributed by atoms with Gasteiger partial charge in [0.15, 0.2) is 17.0 Å². The minimum Gasteiger partial charge on any atom is -0.465 e. The summed E-state index contributed by atoms with van der Waals surface area (Å²) < 4.78 is 18.7. The molecule has 4 rings (SSSR count). The maximum Gasteiger partial charge on any atom is 0.308 e. The Morgan fingerprint density at radius 1 is 0.844 bits per heavy atom. The molecule has 0 saturated heterocycles. The molecule has 12 heteroatoms. The quantitative estimate of drug-likeness (QED) is 0.161. The highest BCUT2D eigenvalue weighted by Gasteiger charge is 2.40. The van der Waals surface area contributed by atoms with E-state index in [1.165, 1.54) is 6.33 Å². The summed E-state index contributed by atoms with van der Waals surface area (Å²) in [7, 11) is 0. The average Bonchev–Trinajstić information content (AvgIpc) is 3.60. The van der Waals surface area contributed by atoms with E-state index in [2.05, 4.69) is 20.3 Å². The normalized spacial score (nSPS) is 17.9. The summed E-state index contributed by atoms with van der Waals surface area (Å²) in [6, 6.07) is 8.39. The molecular formula is C33H41N5O7. The molecule has 0 aliphatic heterocycles. The average molecular weight is 620 g/mol. The molecule has 0 radical (unpaired) electrons. The number of ether oxygens (including phenoxy) is 3. The molecule has 1 aromatic carbocycles. The van der Waals surface area contributed by atoms with E-state index in [-0.39, 0.29) is 85.1 Å². The zero-order chi connectivity index (χ0) is 32.7. The first-order valence-electron chi connectivity index (χ1n) is 15.2. The molecule has 1 aliphatic carbocycles. The van der Waals surface area contributed by atoms with E-state index in [0.717, 1.165) is 5.57 Å². The van der Waals surface area contributed by atoms with Crippen LogP contribution in [0.5, 0.6) is 0 Å². The molecule has 0 spiro atoms. The van der Waals surface area contributed by atoms with Gasteiger partial charge in [0.2, 0.25) is 0 Å². The number of nitrogens with zero attached hydrogens (tertiary/aromatic N) is 4. The lowest BCUT2D eigenvalue weighted by Gasteiger charge is -2.28. The zero-order valence-corrected chi connectivity index (χ0v) is 26.6. The third-order valence-electron chi connectivity index (χ3n) is 7.66. The number of nitrogens with one attached hydrogen (secondary N) is 1. The van der Waals surface area contributed by atoms with Gasteiger partial charge in [-0.25, -0.2) is 15.0 Å². The molecule has 2 aromatic heterocycles. The number of amides is 1. The summed E-state index contributed by atoms with van der Waals surface area (Å²) >= 11 is 0. The van der Waals surface area contributed by atoms with E-state index in [0.29, 0.717) is 23.1 Å². The number of fused-ring (bicyclic) bond motifs is 1. The minimum atomic E-state index is -0.379. The van der Waals surface area contributed by atoms with Crippen molar-refractivity contribution in [1.29, 1.82) is 0 Å². The van der Waals surface area contributed by atoms with Crippen LogP contribution in [0.1, 0.15) is 64.4 Å². The van der Waals surface area contributed by atoms with Crippen LogP contribution >= 0.6 is 0 Å². The van der Waals surface area contributed by atoms with Gasteiger partial charge in [0.05, 0.1) is 43.3 Å². The highest BCUT2D eigenvalue weighted by molar-refractivity contribution is 6.06. The van der Waals surface area contributed by atoms with E-state index in [9.17, 15) is 19.2 Å². The van der Waals surface area contributed by atoms with Gasteiger partial charge < -0.3 is 24.1 Å². The van der Waals surface area contributed by atoms with Crippen LogP contribution in [-0.4, -0.2) is 63.2 Å². The van der Waals surface area contributed by atoms with Crippen LogP contribution in [-0.2, 0) is 28.6 Å². The highest BCUT2D eigenvalue weighted by atomic mass is 16.5. The topological polar surface area (TPSA) is 152 Å². The van der Waals surface area contributed by atoms with Gasteiger partial charge in [-0.15, -0.1) is 0 Å². The zero-order valence-electron chi connectivity index (χ0n) is 26.6. The summed E-state index contributed by atoms with van der Waals surface area (Å²) in [5.41, 5.74) is 2.11. The first-order chi connectivity index (χ1) is 21.5. The predicted octanol–water partition coefficient (Wildman–Crippen LogP) is 4.78. The van der Waals surface area contributed by atoms with Crippen molar-refractivity contribution < 1.29 is 33.4 Å². The second-order valence-corrected chi connectivity index (χ2v) is 12.0. The molecule has 45 heavy (non-hydrogen) atoms. The number of rotatable bonds is 13. The third kappa shape index (κ3) is 8.11. The van der Waals surface area contributed by atoms with Crippen LogP contribution in [0.25, 0.3) is 11.2 Å². The highest BCUT2D eigenvalue weighted by Crippen LogP contribution is 2.43. The van der Waals surface area contributed by atoms with Gasteiger partial charge in [-0.05, 0) is 30.0 Å². The van der Waals surface area contributed by atoms with Gasteiger partial charge >= 0.3 is 17.9 Å². The Bertz CT molecular complexity index is 1550. The number of allylic oxidation sites excluding steroid dienone is 1. The lowest BCUT2D eigenvalue weighted by atomic mass is 9.87. The van der Waals surface area contributed by atoms with Gasteiger partial charge in [-0.1, -0.05) is 65.8 Å². The van der Waals surface area contributed by atoms with Crippen molar-refractivity contribution in [2.45, 2.75) is 54.0 Å². The molecule has 1 aliphatic rings. The van der Waals surface area contributed by atoms with E-state index < -0.39 is 0 Å². The third-order valence-corrected chi connectivity index (χ3v) is 7.66. The summed E-state index contributed by atoms with van der Waals surface area (Å²) in [6.45, 7) is 10.8. The van der Waals surface area contributed by atoms with Crippen LogP contribution in [0.3, 0.4) is 0 Å². The molecule has 2 heterocycles. The maximum absolute atomic E-state index is 12.9. The summed E-state index contributed by atoms with van der Waals surface area (Å²) in [6.07, 6.45) is 5.37. The van der Waals surface area contributed by atoms with Crippen molar-refractivity contribution in [3.8, 4) is 0 Å². The first-order valence-corrected chi connectivity index (χ1v) is 15.2. The Balaban J connectivity index is 1.69. The molecule has 240 valence electrons. The van der Waals surface area contributed by atoms with E-state index in [1.54, 1.807) is 72.1 Å². The fourth-order valence-corrected chi connectivity index (χ4v) is 5.08. The van der Waals surface area contributed by atoms with Crippen molar-refractivity contribution >= 4 is 40.8 Å². The molecule has 3 atom stereocenters. The minimum absolute atomic E-state index is 0.0136. The molecule has 3 aromatic rings. The second-order valence-electron chi connectivity index (χ2n) is 12.0. The molecule has 0 fully saturated rings. The number of aromatic nitrogens is 4. The SMILES string of the molecule is CC(C)C(=O)OCC[C@@H]1[C@H](COC(=O)C(C)C)C(COC(=O)C(C)C)=C[C@H]1n1cnc2c(NC(=O)c3ccccc3)ncnc21. The lowest BCUT2D eigenvalue weighted by Crippen LogP contribution is -2.29. The van der Waals surface area contributed by atoms with Crippen LogP contribution in [0, 0.1) is 29.6 Å². The predicted molar refractivity (Wildman–Crippen MR) is 166 cm³/mol. The number of imidazole rings is 1. The Hall–Kier alpha value is -4.61. The van der Waals surface area contributed by atoms with Crippen LogP contribution < -0.4 is 5.32 Å². The largest absolute Gasteiger partial charge is 0.465 e. The molecule has 12 nitrogen and oxygen atoms in total. The van der Waals surface area contributed by atoms with Gasteiger partial charge in [-0.2, -0.15) is 0 Å². The fraction of sp³-hybridized carbons (Fsp3) is 0.485. The number of hydrogen-bond donors (Lipinski definition) is 1. The number of hydrogen-bond acceptors (Lipinski definition) is 10. The molecule has 1 amide bonds. The van der Waals surface area contributed by atoms with Gasteiger partial charge in [0, 0.05) is 11.5 Å². The Morgan fingerprint density at radius 2 is 1.49 bits per heavy atom. The number of carbonyl (C=O) groups excluding carboxylic acids is 4. The molecule has 0 bridgehead atoms. The Labute approximate surface area is 262 Å². The van der Waals surface area contributed by atoms with E-state index in [4.69, 9.17) is 14.2 Å². The van der Waals surface area contributed by atoms with E-state index >= 15 is 0 Å². The number of esters is 3. The first kappa shape index (κ1) is 33.3. The van der Waals surface area contributed by atoms with Crippen molar-refractivity contribution in [3.63, 3.8) is 0 Å². The maximum atomic E-state index is 12.9. The fourth-order valence-electron chi connectivity index (χ4n) is 5.08. The van der Waals surface area contributed by atoms with Crippen LogP contribution in [0.4, 0.5) is 5.82 Å². The van der Waals surface area contributed by atoms with E-state index in [1.807, 2.05) is 16.7 Å². The monoisotopic (exact) mass is 619 g/mol. The standard InChI is InChI=1S/C33H41N5O7/c1-19(2)31(40)43-13-12-24-25(16-45-33(42)21(5)6)23(15-44-32(41)20(3)4)14-26(24)38-18-36-27-28(34-17-35-29(27)38)37-30(39)22-10-8-7-9-11-22/h7-11,14,17-21,24-26H,12-13,15-16H2,1-6H3,(H,34,35,37,39)/t24-,25-,26-/m1/s1. The van der Waals surface area contributed by atoms with Gasteiger partial charge in [0.25, 0.3) is 5.91 Å². The summed E-state index contributed by atoms with van der Waals surface area (Å²) in [4.78, 5) is 63.4. The van der Waals surface area contributed by atoms with Crippen molar-refractivity contribution in [1.82, 2.24) is 19.5 Å². The summed E-state index contributed by atoms with van der Waals surface area (Å²) in [5.74, 6) is -2.59. The van der Waals surface area contributed by atoms with Crippen molar-refractivity contribution in [3.05, 3.63) is 60.2 Å². The molecule has 1 N–H and O–H groups in total. The number of carbonyl (C=O) groups is 4. The van der Waals surface area contributed by atoms with Crippen molar-refractivity contribution in [2.24, 2.45) is 29.6 Å². The number of anilines is 1. The molecule has 0 unspecified atom stereocenters. The summed E-state index contributed by atoms with van der Waals surface area (Å²) in [5, 5.41) is 2.82. The Kier molecular flexibility index (Phi) is 11.0. The second kappa shape index (κ2) is 14.9.